The molecule has 0 aliphatic heterocycles. The van der Waals surface area contributed by atoms with Gasteiger partial charge >= 0.3 is 5.97 Å². The number of aliphatic carboxylic acids is 1. The molecule has 1 heterocycles. The van der Waals surface area contributed by atoms with Crippen molar-refractivity contribution >= 4 is 35.8 Å². The fourth-order valence-electron chi connectivity index (χ4n) is 5.24. The van der Waals surface area contributed by atoms with Crippen LogP contribution < -0.4 is 11.1 Å². The van der Waals surface area contributed by atoms with E-state index in [2.05, 4.69) is 5.32 Å². The first kappa shape index (κ1) is 36.4. The molecular weight excluding hydrogens is 614 g/mol. The van der Waals surface area contributed by atoms with E-state index in [-0.39, 0.29) is 35.8 Å². The molecule has 2 aromatic carbocycles. The molecule has 3 rings (SSSR count). The summed E-state index contributed by atoms with van der Waals surface area (Å²) in [7, 11) is 0. The molecular formula is C34H42F2N4O5S. The number of carbonyl (C=O) groups is 4. The zero-order chi connectivity index (χ0) is 33.9. The topological polar surface area (TPSA) is 135 Å². The number of nitrogens with zero attached hydrogens (tertiary/aromatic N) is 2. The number of rotatable bonds is 17. The van der Waals surface area contributed by atoms with Crippen molar-refractivity contribution in [2.75, 3.05) is 24.6 Å². The van der Waals surface area contributed by atoms with Gasteiger partial charge < -0.3 is 30.4 Å². The lowest BCUT2D eigenvalue weighted by atomic mass is 9.83. The summed E-state index contributed by atoms with van der Waals surface area (Å²) in [4.78, 5) is 50.1. The summed E-state index contributed by atoms with van der Waals surface area (Å²) in [6.07, 6.45) is 2.25. The van der Waals surface area contributed by atoms with Crippen LogP contribution in [0.15, 0.2) is 60.8 Å². The predicted octanol–water partition coefficient (Wildman–Crippen LogP) is 5.03. The van der Waals surface area contributed by atoms with Crippen molar-refractivity contribution in [2.45, 2.75) is 58.7 Å². The van der Waals surface area contributed by atoms with E-state index in [9.17, 15) is 28.0 Å². The summed E-state index contributed by atoms with van der Waals surface area (Å²) in [5, 5.41) is 11.3. The van der Waals surface area contributed by atoms with Crippen molar-refractivity contribution in [3.8, 4) is 11.1 Å². The number of halogens is 2. The van der Waals surface area contributed by atoms with Gasteiger partial charge in [-0.15, -0.1) is 11.8 Å². The van der Waals surface area contributed by atoms with Crippen molar-refractivity contribution in [2.24, 2.45) is 11.1 Å². The fourth-order valence-corrected chi connectivity index (χ4v) is 6.12. The standard InChI is InChI=1S/C34H42F2N4O5S/c1-34(2,3)33(40(15-7-14-37)31(43)22-46-21-26(20-41)38-30(42)12-13-32(44)45)29-16-24(27-17-25(35)10-11-28(27)36)19-39(29)18-23-8-5-4-6-9-23/h4-6,8-11,16-17,19-20,26,33H,7,12-15,18,21-22,37H2,1-3H3,(H,38,42)(H,44,45)/t26-,33+/m1/s1. The van der Waals surface area contributed by atoms with Gasteiger partial charge in [0.1, 0.15) is 17.9 Å². The number of benzene rings is 2. The molecule has 0 unspecified atom stereocenters. The Balaban J connectivity index is 1.95. The Kier molecular flexibility index (Phi) is 13.5. The molecule has 0 aliphatic rings. The molecule has 0 aliphatic carbocycles. The Morgan fingerprint density at radius 2 is 1.80 bits per heavy atom. The molecule has 0 saturated carbocycles. The highest BCUT2D eigenvalue weighted by Gasteiger charge is 2.37. The van der Waals surface area contributed by atoms with E-state index < -0.39 is 41.0 Å². The zero-order valence-corrected chi connectivity index (χ0v) is 27.2. The van der Waals surface area contributed by atoms with E-state index in [0.29, 0.717) is 37.9 Å². The van der Waals surface area contributed by atoms with Gasteiger partial charge in [-0.05, 0) is 48.2 Å². The van der Waals surface area contributed by atoms with Crippen LogP contribution in [0, 0.1) is 17.0 Å². The van der Waals surface area contributed by atoms with E-state index in [1.807, 2.05) is 61.7 Å². The molecule has 0 saturated heterocycles. The summed E-state index contributed by atoms with van der Waals surface area (Å²) < 4.78 is 31.2. The van der Waals surface area contributed by atoms with Crippen molar-refractivity contribution < 1.29 is 33.1 Å². The van der Waals surface area contributed by atoms with Crippen LogP contribution in [0.4, 0.5) is 8.78 Å². The maximum Gasteiger partial charge on any atom is 0.303 e. The van der Waals surface area contributed by atoms with Crippen molar-refractivity contribution in [1.82, 2.24) is 14.8 Å². The number of hydrogen-bond acceptors (Lipinski definition) is 6. The highest BCUT2D eigenvalue weighted by atomic mass is 32.2. The Morgan fingerprint density at radius 1 is 1.09 bits per heavy atom. The van der Waals surface area contributed by atoms with Gasteiger partial charge in [0.05, 0.1) is 24.3 Å². The molecule has 2 atom stereocenters. The molecule has 0 bridgehead atoms. The lowest BCUT2D eigenvalue weighted by Gasteiger charge is -2.41. The quantitative estimate of drug-likeness (QED) is 0.174. The smallest absolute Gasteiger partial charge is 0.303 e. The monoisotopic (exact) mass is 656 g/mol. The number of aldehydes is 1. The van der Waals surface area contributed by atoms with Gasteiger partial charge in [0, 0.05) is 48.3 Å². The number of amides is 2. The van der Waals surface area contributed by atoms with Crippen LogP contribution in [0.2, 0.25) is 0 Å². The number of thioether (sulfide) groups is 1. The maximum absolute atomic E-state index is 15.0. The molecule has 12 heteroatoms. The van der Waals surface area contributed by atoms with Crippen LogP contribution in [0.25, 0.3) is 11.1 Å². The molecule has 4 N–H and O–H groups in total. The SMILES string of the molecule is CC(C)(C)[C@H](c1cc(-c2cc(F)ccc2F)cn1Cc1ccccc1)N(CCCN)C(=O)CSC[C@@H](C=O)NC(=O)CCC(=O)O. The van der Waals surface area contributed by atoms with Gasteiger partial charge in [0.15, 0.2) is 0 Å². The lowest BCUT2D eigenvalue weighted by Crippen LogP contribution is -2.44. The molecule has 0 spiro atoms. The highest BCUT2D eigenvalue weighted by molar-refractivity contribution is 8.00. The van der Waals surface area contributed by atoms with Crippen LogP contribution in [0.5, 0.6) is 0 Å². The summed E-state index contributed by atoms with van der Waals surface area (Å²) >= 11 is 1.18. The third kappa shape index (κ3) is 10.5. The molecule has 1 aromatic heterocycles. The van der Waals surface area contributed by atoms with E-state index >= 15 is 0 Å². The first-order chi connectivity index (χ1) is 21.8. The first-order valence-electron chi connectivity index (χ1n) is 15.1. The molecule has 2 amide bonds. The van der Waals surface area contributed by atoms with Crippen LogP contribution in [0.1, 0.15) is 57.3 Å². The second kappa shape index (κ2) is 17.0. The molecule has 3 aromatic rings. The average molecular weight is 657 g/mol. The predicted molar refractivity (Wildman–Crippen MR) is 175 cm³/mol. The summed E-state index contributed by atoms with van der Waals surface area (Å²) in [5.41, 5.74) is 7.68. The number of nitrogens with one attached hydrogen (secondary N) is 1. The van der Waals surface area contributed by atoms with Gasteiger partial charge in [-0.2, -0.15) is 0 Å². The van der Waals surface area contributed by atoms with Crippen molar-refractivity contribution in [3.05, 3.63) is 83.7 Å². The molecule has 248 valence electrons. The van der Waals surface area contributed by atoms with E-state index in [1.165, 1.54) is 11.8 Å². The summed E-state index contributed by atoms with van der Waals surface area (Å²) in [5.74, 6) is -2.91. The Bertz CT molecular complexity index is 1490. The Hall–Kier alpha value is -4.03. The minimum absolute atomic E-state index is 0.00271. The Morgan fingerprint density at radius 3 is 2.43 bits per heavy atom. The third-order valence-electron chi connectivity index (χ3n) is 7.30. The number of hydrogen-bond donors (Lipinski definition) is 3. The van der Waals surface area contributed by atoms with Crippen molar-refractivity contribution in [1.29, 1.82) is 0 Å². The van der Waals surface area contributed by atoms with E-state index in [0.717, 1.165) is 29.5 Å². The number of carbonyl (C=O) groups excluding carboxylic acids is 3. The highest BCUT2D eigenvalue weighted by Crippen LogP contribution is 2.41. The van der Waals surface area contributed by atoms with Crippen molar-refractivity contribution in [3.63, 3.8) is 0 Å². The van der Waals surface area contributed by atoms with Gasteiger partial charge in [-0.3, -0.25) is 14.4 Å². The summed E-state index contributed by atoms with van der Waals surface area (Å²) in [6.45, 7) is 7.12. The molecule has 0 fully saturated rings. The molecule has 9 nitrogen and oxygen atoms in total. The van der Waals surface area contributed by atoms with Crippen LogP contribution in [-0.2, 0) is 25.7 Å². The maximum atomic E-state index is 15.0. The van der Waals surface area contributed by atoms with Gasteiger partial charge in [0.25, 0.3) is 0 Å². The van der Waals surface area contributed by atoms with E-state index in [4.69, 9.17) is 10.8 Å². The second-order valence-corrected chi connectivity index (χ2v) is 13.1. The van der Waals surface area contributed by atoms with Crippen LogP contribution >= 0.6 is 11.8 Å². The molecule has 0 radical (unpaired) electrons. The second-order valence-electron chi connectivity index (χ2n) is 12.1. The van der Waals surface area contributed by atoms with E-state index in [1.54, 1.807) is 11.1 Å². The largest absolute Gasteiger partial charge is 0.481 e. The number of aromatic nitrogens is 1. The molecule has 46 heavy (non-hydrogen) atoms. The third-order valence-corrected chi connectivity index (χ3v) is 8.35. The minimum Gasteiger partial charge on any atom is -0.481 e. The number of carboxylic acids is 1. The van der Waals surface area contributed by atoms with Crippen LogP contribution in [-0.4, -0.2) is 69.3 Å². The summed E-state index contributed by atoms with van der Waals surface area (Å²) in [6, 6.07) is 13.4. The first-order valence-corrected chi connectivity index (χ1v) is 16.2. The minimum atomic E-state index is -1.12. The number of nitrogens with two attached hydrogens (primary N) is 1. The lowest BCUT2D eigenvalue weighted by molar-refractivity contribution is -0.139. The number of carboxylic acid groups (broad SMARTS) is 1. The van der Waals surface area contributed by atoms with Crippen LogP contribution in [0.3, 0.4) is 0 Å². The van der Waals surface area contributed by atoms with Gasteiger partial charge in [-0.25, -0.2) is 8.78 Å². The van der Waals surface area contributed by atoms with Gasteiger partial charge in [0.2, 0.25) is 11.8 Å². The average Bonchev–Trinajstić information content (AvgIpc) is 3.40. The normalized spacial score (nSPS) is 12.7. The van der Waals surface area contributed by atoms with Gasteiger partial charge in [-0.1, -0.05) is 51.1 Å². The fraction of sp³-hybridized carbons (Fsp3) is 0.412. The zero-order valence-electron chi connectivity index (χ0n) is 26.4. The Labute approximate surface area is 272 Å².